The standard InChI is InChI=1S/C13H19BrN2O/c1-10(16)2-5-13(8-9-15)17-12-6-3-11(14)4-7-12/h2-3,5-8,10-11H,4,9,15-16H2,1H3/b5-2-,13-8+. The number of hydrogen-bond donors (Lipinski definition) is 2. The first-order valence-corrected chi connectivity index (χ1v) is 6.57. The molecule has 0 aromatic heterocycles. The Bertz CT molecular complexity index is 356. The Morgan fingerprint density at radius 3 is 3.00 bits per heavy atom. The summed E-state index contributed by atoms with van der Waals surface area (Å²) in [5.74, 6) is 1.57. The van der Waals surface area contributed by atoms with E-state index in [9.17, 15) is 0 Å². The molecular formula is C13H19BrN2O. The summed E-state index contributed by atoms with van der Waals surface area (Å²) >= 11 is 3.51. The van der Waals surface area contributed by atoms with Gasteiger partial charge in [-0.25, -0.2) is 0 Å². The molecule has 1 aliphatic rings. The zero-order valence-electron chi connectivity index (χ0n) is 9.97. The van der Waals surface area contributed by atoms with E-state index in [-0.39, 0.29) is 6.04 Å². The molecule has 0 radical (unpaired) electrons. The molecule has 0 spiro atoms. The van der Waals surface area contributed by atoms with Crippen LogP contribution in [0.15, 0.2) is 48.0 Å². The lowest BCUT2D eigenvalue weighted by molar-refractivity contribution is 0.331. The summed E-state index contributed by atoms with van der Waals surface area (Å²) in [6.07, 6.45) is 12.5. The molecule has 4 N–H and O–H groups in total. The first-order valence-electron chi connectivity index (χ1n) is 5.66. The lowest BCUT2D eigenvalue weighted by Gasteiger charge is -2.13. The van der Waals surface area contributed by atoms with Crippen molar-refractivity contribution in [2.45, 2.75) is 24.2 Å². The van der Waals surface area contributed by atoms with Gasteiger partial charge in [-0.3, -0.25) is 0 Å². The molecule has 0 aromatic rings. The molecular weight excluding hydrogens is 280 g/mol. The van der Waals surface area contributed by atoms with Crippen LogP contribution in [-0.4, -0.2) is 17.4 Å². The Hall–Kier alpha value is -0.840. The second-order valence-corrected chi connectivity index (χ2v) is 5.06. The lowest BCUT2D eigenvalue weighted by Crippen LogP contribution is -2.10. The number of hydrogen-bond acceptors (Lipinski definition) is 3. The highest BCUT2D eigenvalue weighted by molar-refractivity contribution is 9.09. The van der Waals surface area contributed by atoms with Crippen molar-refractivity contribution in [2.75, 3.05) is 6.54 Å². The fourth-order valence-electron chi connectivity index (χ4n) is 1.29. The van der Waals surface area contributed by atoms with Crippen molar-refractivity contribution in [2.24, 2.45) is 11.5 Å². The summed E-state index contributed by atoms with van der Waals surface area (Å²) in [6, 6.07) is 0.00238. The average Bonchev–Trinajstić information content (AvgIpc) is 2.29. The molecule has 1 rings (SSSR count). The van der Waals surface area contributed by atoms with Gasteiger partial charge in [0.1, 0.15) is 11.5 Å². The van der Waals surface area contributed by atoms with Crippen LogP contribution in [0, 0.1) is 0 Å². The predicted molar refractivity (Wildman–Crippen MR) is 75.6 cm³/mol. The van der Waals surface area contributed by atoms with Gasteiger partial charge < -0.3 is 16.2 Å². The normalized spacial score (nSPS) is 22.7. The minimum Gasteiger partial charge on any atom is -0.458 e. The first kappa shape index (κ1) is 14.2. The van der Waals surface area contributed by atoms with Crippen LogP contribution in [0.3, 0.4) is 0 Å². The smallest absolute Gasteiger partial charge is 0.124 e. The van der Waals surface area contributed by atoms with Crippen molar-refractivity contribution in [3.05, 3.63) is 48.0 Å². The van der Waals surface area contributed by atoms with Gasteiger partial charge in [0.05, 0.1) is 0 Å². The minimum absolute atomic E-state index is 0.00238. The quantitative estimate of drug-likeness (QED) is 0.465. The number of nitrogens with two attached hydrogens (primary N) is 2. The third kappa shape index (κ3) is 5.86. The molecule has 0 saturated heterocycles. The Balaban J connectivity index is 2.62. The molecule has 3 nitrogen and oxygen atoms in total. The number of rotatable bonds is 5. The Morgan fingerprint density at radius 1 is 1.71 bits per heavy atom. The van der Waals surface area contributed by atoms with Gasteiger partial charge in [0.2, 0.25) is 0 Å². The molecule has 0 heterocycles. The second kappa shape index (κ2) is 7.48. The topological polar surface area (TPSA) is 61.3 Å². The molecule has 0 aliphatic heterocycles. The Labute approximate surface area is 111 Å². The molecule has 0 bridgehead atoms. The first-order chi connectivity index (χ1) is 8.11. The van der Waals surface area contributed by atoms with Gasteiger partial charge in [-0.05, 0) is 37.6 Å². The van der Waals surface area contributed by atoms with Gasteiger partial charge in [-0.1, -0.05) is 28.1 Å². The number of allylic oxidation sites excluding steroid dienone is 4. The Kier molecular flexibility index (Phi) is 6.26. The molecule has 2 unspecified atom stereocenters. The molecule has 94 valence electrons. The summed E-state index contributed by atoms with van der Waals surface area (Å²) in [6.45, 7) is 2.35. The maximum absolute atomic E-state index is 5.72. The van der Waals surface area contributed by atoms with Crippen LogP contribution in [0.5, 0.6) is 0 Å². The predicted octanol–water partition coefficient (Wildman–Crippen LogP) is 2.36. The van der Waals surface area contributed by atoms with E-state index < -0.39 is 0 Å². The molecule has 0 saturated carbocycles. The van der Waals surface area contributed by atoms with E-state index in [4.69, 9.17) is 16.2 Å². The van der Waals surface area contributed by atoms with Crippen LogP contribution in [0.2, 0.25) is 0 Å². The van der Waals surface area contributed by atoms with E-state index in [2.05, 4.69) is 22.0 Å². The molecule has 2 atom stereocenters. The fraction of sp³-hybridized carbons (Fsp3) is 0.385. The van der Waals surface area contributed by atoms with Crippen LogP contribution in [-0.2, 0) is 4.74 Å². The third-order valence-corrected chi connectivity index (χ3v) is 2.81. The van der Waals surface area contributed by atoms with Gasteiger partial charge in [0, 0.05) is 17.4 Å². The van der Waals surface area contributed by atoms with Gasteiger partial charge in [-0.2, -0.15) is 0 Å². The van der Waals surface area contributed by atoms with E-state index in [0.717, 1.165) is 17.9 Å². The third-order valence-electron chi connectivity index (χ3n) is 2.13. The molecule has 0 amide bonds. The molecule has 4 heteroatoms. The van der Waals surface area contributed by atoms with Crippen LogP contribution >= 0.6 is 15.9 Å². The molecule has 1 aliphatic carbocycles. The molecule has 17 heavy (non-hydrogen) atoms. The van der Waals surface area contributed by atoms with Gasteiger partial charge in [-0.15, -0.1) is 0 Å². The van der Waals surface area contributed by atoms with Crippen LogP contribution < -0.4 is 11.5 Å². The molecule has 0 fully saturated rings. The van der Waals surface area contributed by atoms with E-state index in [1.165, 1.54) is 0 Å². The summed E-state index contributed by atoms with van der Waals surface area (Å²) in [7, 11) is 0. The van der Waals surface area contributed by atoms with E-state index >= 15 is 0 Å². The van der Waals surface area contributed by atoms with E-state index in [1.54, 1.807) is 0 Å². The lowest BCUT2D eigenvalue weighted by atomic mass is 10.2. The maximum Gasteiger partial charge on any atom is 0.124 e. The van der Waals surface area contributed by atoms with Crippen molar-refractivity contribution in [1.29, 1.82) is 0 Å². The van der Waals surface area contributed by atoms with E-state index in [0.29, 0.717) is 11.4 Å². The van der Waals surface area contributed by atoms with Crippen molar-refractivity contribution in [3.63, 3.8) is 0 Å². The van der Waals surface area contributed by atoms with Crippen molar-refractivity contribution >= 4 is 15.9 Å². The fourth-order valence-corrected chi connectivity index (χ4v) is 1.63. The van der Waals surface area contributed by atoms with Crippen molar-refractivity contribution in [1.82, 2.24) is 0 Å². The highest BCUT2D eigenvalue weighted by atomic mass is 79.9. The number of alkyl halides is 1. The largest absolute Gasteiger partial charge is 0.458 e. The summed E-state index contributed by atoms with van der Waals surface area (Å²) in [5.41, 5.74) is 11.1. The van der Waals surface area contributed by atoms with Crippen LogP contribution in [0.1, 0.15) is 13.3 Å². The van der Waals surface area contributed by atoms with Crippen molar-refractivity contribution in [3.8, 4) is 0 Å². The SMILES string of the molecule is CC(N)/C=C\C(=C/CN)OC1=CCC(Br)C=C1. The zero-order valence-corrected chi connectivity index (χ0v) is 11.6. The second-order valence-electron chi connectivity index (χ2n) is 3.88. The highest BCUT2D eigenvalue weighted by Crippen LogP contribution is 2.19. The van der Waals surface area contributed by atoms with Gasteiger partial charge >= 0.3 is 0 Å². The Morgan fingerprint density at radius 2 is 2.47 bits per heavy atom. The number of ether oxygens (including phenoxy) is 1. The zero-order chi connectivity index (χ0) is 12.7. The highest BCUT2D eigenvalue weighted by Gasteiger charge is 2.06. The van der Waals surface area contributed by atoms with Crippen LogP contribution in [0.25, 0.3) is 0 Å². The van der Waals surface area contributed by atoms with Crippen molar-refractivity contribution < 1.29 is 4.74 Å². The van der Waals surface area contributed by atoms with Gasteiger partial charge in [0.15, 0.2) is 0 Å². The monoisotopic (exact) mass is 298 g/mol. The summed E-state index contributed by atoms with van der Waals surface area (Å²) < 4.78 is 5.72. The average molecular weight is 299 g/mol. The van der Waals surface area contributed by atoms with E-state index in [1.807, 2.05) is 37.3 Å². The number of halogens is 1. The molecule has 0 aromatic carbocycles. The van der Waals surface area contributed by atoms with Crippen LogP contribution in [0.4, 0.5) is 0 Å². The minimum atomic E-state index is 0.00238. The summed E-state index contributed by atoms with van der Waals surface area (Å²) in [4.78, 5) is 0.399. The maximum atomic E-state index is 5.72. The summed E-state index contributed by atoms with van der Waals surface area (Å²) in [5, 5.41) is 0. The van der Waals surface area contributed by atoms with Gasteiger partial charge in [0.25, 0.3) is 0 Å².